The highest BCUT2D eigenvalue weighted by molar-refractivity contribution is 5.92. The van der Waals surface area contributed by atoms with E-state index in [0.29, 0.717) is 5.56 Å². The van der Waals surface area contributed by atoms with Crippen LogP contribution in [0.15, 0.2) is 23.2 Å². The number of methoxy groups -OCH3 is 1. The number of aliphatic imine (C=N–C) groups is 1. The number of rotatable bonds is 3. The van der Waals surface area contributed by atoms with E-state index in [4.69, 9.17) is 16.2 Å². The number of nitrogens with zero attached hydrogens (tertiary/aromatic N) is 1. The first kappa shape index (κ1) is 12.0. The minimum absolute atomic E-state index is 0.0567. The van der Waals surface area contributed by atoms with E-state index < -0.39 is 11.7 Å². The van der Waals surface area contributed by atoms with Crippen molar-refractivity contribution in [2.45, 2.75) is 6.42 Å². The van der Waals surface area contributed by atoms with Crippen LogP contribution in [0.4, 0.5) is 4.39 Å². The molecule has 86 valence electrons. The largest absolute Gasteiger partial charge is 0.494 e. The van der Waals surface area contributed by atoms with Crippen LogP contribution in [-0.4, -0.2) is 19.0 Å². The number of hydrogen-bond donors (Lipinski definition) is 2. The van der Waals surface area contributed by atoms with E-state index in [1.165, 1.54) is 19.2 Å². The molecule has 0 aliphatic carbocycles. The predicted octanol–water partition coefficient (Wildman–Crippen LogP) is 0.177. The standard InChI is InChI=1S/C10H12FN3O2/c1-16-8-3-2-6(4-7(8)11)5-9(15)14-10(12)13/h2-4H,5H2,1H3,(H4,12,13,14,15). The molecule has 0 saturated heterocycles. The van der Waals surface area contributed by atoms with Gasteiger partial charge in [0.1, 0.15) is 0 Å². The topological polar surface area (TPSA) is 90.7 Å². The van der Waals surface area contributed by atoms with Crippen LogP contribution in [-0.2, 0) is 11.2 Å². The molecular formula is C10H12FN3O2. The molecule has 0 fully saturated rings. The summed E-state index contributed by atoms with van der Waals surface area (Å²) in [5, 5.41) is 0. The molecule has 1 aromatic rings. The summed E-state index contributed by atoms with van der Waals surface area (Å²) in [5.74, 6) is -1.24. The molecule has 0 aromatic heterocycles. The Labute approximate surface area is 91.9 Å². The molecule has 0 saturated carbocycles. The lowest BCUT2D eigenvalue weighted by molar-refractivity contribution is -0.117. The molecule has 16 heavy (non-hydrogen) atoms. The van der Waals surface area contributed by atoms with E-state index in [1.807, 2.05) is 0 Å². The Balaban J connectivity index is 2.79. The Morgan fingerprint density at radius 2 is 2.19 bits per heavy atom. The number of carbonyl (C=O) groups excluding carboxylic acids is 1. The lowest BCUT2D eigenvalue weighted by atomic mass is 10.1. The van der Waals surface area contributed by atoms with E-state index in [9.17, 15) is 9.18 Å². The summed E-state index contributed by atoms with van der Waals surface area (Å²) in [6.45, 7) is 0. The monoisotopic (exact) mass is 225 g/mol. The molecule has 0 bridgehead atoms. The minimum atomic E-state index is -0.530. The zero-order chi connectivity index (χ0) is 12.1. The molecule has 0 heterocycles. The van der Waals surface area contributed by atoms with Crippen LogP contribution in [0, 0.1) is 5.82 Å². The van der Waals surface area contributed by atoms with Crippen molar-refractivity contribution >= 4 is 11.9 Å². The highest BCUT2D eigenvalue weighted by Gasteiger charge is 2.07. The van der Waals surface area contributed by atoms with E-state index >= 15 is 0 Å². The van der Waals surface area contributed by atoms with Crippen LogP contribution in [0.1, 0.15) is 5.56 Å². The van der Waals surface area contributed by atoms with E-state index in [2.05, 4.69) is 4.99 Å². The molecule has 0 radical (unpaired) electrons. The minimum Gasteiger partial charge on any atom is -0.494 e. The first-order valence-corrected chi connectivity index (χ1v) is 4.48. The third-order valence-corrected chi connectivity index (χ3v) is 1.83. The average molecular weight is 225 g/mol. The smallest absolute Gasteiger partial charge is 0.253 e. The van der Waals surface area contributed by atoms with Gasteiger partial charge < -0.3 is 16.2 Å². The molecule has 1 aromatic carbocycles. The van der Waals surface area contributed by atoms with E-state index in [0.717, 1.165) is 0 Å². The summed E-state index contributed by atoms with van der Waals surface area (Å²) in [7, 11) is 1.36. The van der Waals surface area contributed by atoms with Gasteiger partial charge in [-0.05, 0) is 17.7 Å². The Hall–Kier alpha value is -2.11. The summed E-state index contributed by atoms with van der Waals surface area (Å²) < 4.78 is 18.0. The highest BCUT2D eigenvalue weighted by Crippen LogP contribution is 2.17. The molecule has 0 aliphatic rings. The Kier molecular flexibility index (Phi) is 3.82. The van der Waals surface area contributed by atoms with Crippen LogP contribution in [0.25, 0.3) is 0 Å². The molecule has 1 amide bonds. The van der Waals surface area contributed by atoms with E-state index in [1.54, 1.807) is 6.07 Å². The first-order valence-electron chi connectivity index (χ1n) is 4.48. The molecule has 0 spiro atoms. The number of halogens is 1. The maximum atomic E-state index is 13.2. The van der Waals surface area contributed by atoms with Crippen molar-refractivity contribution in [3.05, 3.63) is 29.6 Å². The van der Waals surface area contributed by atoms with Gasteiger partial charge in [0.15, 0.2) is 17.5 Å². The summed E-state index contributed by atoms with van der Waals surface area (Å²) in [6.07, 6.45) is -0.0567. The number of hydrogen-bond acceptors (Lipinski definition) is 2. The molecule has 0 aliphatic heterocycles. The van der Waals surface area contributed by atoms with Crippen molar-refractivity contribution < 1.29 is 13.9 Å². The Bertz CT molecular complexity index is 428. The van der Waals surface area contributed by atoms with Gasteiger partial charge in [-0.25, -0.2) is 4.39 Å². The van der Waals surface area contributed by atoms with Gasteiger partial charge in [0.05, 0.1) is 13.5 Å². The van der Waals surface area contributed by atoms with Gasteiger partial charge in [0.2, 0.25) is 0 Å². The zero-order valence-electron chi connectivity index (χ0n) is 8.74. The zero-order valence-corrected chi connectivity index (χ0v) is 8.74. The fourth-order valence-corrected chi connectivity index (χ4v) is 1.18. The van der Waals surface area contributed by atoms with Crippen molar-refractivity contribution in [1.82, 2.24) is 0 Å². The number of carbonyl (C=O) groups is 1. The van der Waals surface area contributed by atoms with Crippen molar-refractivity contribution in [3.8, 4) is 5.75 Å². The molecular weight excluding hydrogens is 213 g/mol. The molecule has 4 N–H and O–H groups in total. The van der Waals surface area contributed by atoms with Crippen molar-refractivity contribution in [2.75, 3.05) is 7.11 Å². The number of nitrogens with two attached hydrogens (primary N) is 2. The predicted molar refractivity (Wildman–Crippen MR) is 57.5 cm³/mol. The average Bonchev–Trinajstić information content (AvgIpc) is 2.16. The normalized spacial score (nSPS) is 9.62. The van der Waals surface area contributed by atoms with Crippen molar-refractivity contribution in [1.29, 1.82) is 0 Å². The summed E-state index contributed by atoms with van der Waals surface area (Å²) in [4.78, 5) is 14.5. The number of amides is 1. The SMILES string of the molecule is COc1ccc(CC(=O)N=C(N)N)cc1F. The first-order chi connectivity index (χ1) is 7.52. The molecule has 0 unspecified atom stereocenters. The molecule has 0 atom stereocenters. The van der Waals surface area contributed by atoms with Crippen LogP contribution < -0.4 is 16.2 Å². The van der Waals surface area contributed by atoms with Gasteiger partial charge >= 0.3 is 0 Å². The number of guanidine groups is 1. The third kappa shape index (κ3) is 3.23. The Morgan fingerprint density at radius 1 is 1.50 bits per heavy atom. The second-order valence-corrected chi connectivity index (χ2v) is 3.08. The van der Waals surface area contributed by atoms with Crippen LogP contribution in [0.3, 0.4) is 0 Å². The Morgan fingerprint density at radius 3 is 2.69 bits per heavy atom. The third-order valence-electron chi connectivity index (χ3n) is 1.83. The fraction of sp³-hybridized carbons (Fsp3) is 0.200. The lowest BCUT2D eigenvalue weighted by Crippen LogP contribution is -2.24. The van der Waals surface area contributed by atoms with Gasteiger partial charge in [-0.3, -0.25) is 4.79 Å². The highest BCUT2D eigenvalue weighted by atomic mass is 19.1. The molecule has 1 rings (SSSR count). The summed E-state index contributed by atoms with van der Waals surface area (Å²) >= 11 is 0. The summed E-state index contributed by atoms with van der Waals surface area (Å²) in [6, 6.07) is 4.22. The van der Waals surface area contributed by atoms with E-state index in [-0.39, 0.29) is 18.1 Å². The molecule has 6 heteroatoms. The van der Waals surface area contributed by atoms with Crippen molar-refractivity contribution in [3.63, 3.8) is 0 Å². The fourth-order valence-electron chi connectivity index (χ4n) is 1.18. The summed E-state index contributed by atoms with van der Waals surface area (Å²) in [5.41, 5.74) is 10.6. The van der Waals surface area contributed by atoms with Gasteiger partial charge in [0, 0.05) is 0 Å². The van der Waals surface area contributed by atoms with Gasteiger partial charge in [-0.15, -0.1) is 0 Å². The maximum absolute atomic E-state index is 13.2. The lowest BCUT2D eigenvalue weighted by Gasteiger charge is -2.03. The number of ether oxygens (including phenoxy) is 1. The number of benzene rings is 1. The van der Waals surface area contributed by atoms with Gasteiger partial charge in [-0.1, -0.05) is 6.07 Å². The van der Waals surface area contributed by atoms with Gasteiger partial charge in [0.25, 0.3) is 5.91 Å². The van der Waals surface area contributed by atoms with Crippen molar-refractivity contribution in [2.24, 2.45) is 16.5 Å². The van der Waals surface area contributed by atoms with Crippen LogP contribution in [0.5, 0.6) is 5.75 Å². The van der Waals surface area contributed by atoms with Crippen LogP contribution >= 0.6 is 0 Å². The second-order valence-electron chi connectivity index (χ2n) is 3.08. The second kappa shape index (κ2) is 5.11. The van der Waals surface area contributed by atoms with Gasteiger partial charge in [-0.2, -0.15) is 4.99 Å². The van der Waals surface area contributed by atoms with Crippen LogP contribution in [0.2, 0.25) is 0 Å². The molecule has 5 nitrogen and oxygen atoms in total. The maximum Gasteiger partial charge on any atom is 0.253 e. The quantitative estimate of drug-likeness (QED) is 0.567.